The van der Waals surface area contributed by atoms with Gasteiger partial charge in [-0.3, -0.25) is 9.59 Å². The van der Waals surface area contributed by atoms with E-state index in [0.717, 1.165) is 22.7 Å². The van der Waals surface area contributed by atoms with Crippen molar-refractivity contribution in [3.8, 4) is 11.5 Å². The maximum atomic E-state index is 12.4. The van der Waals surface area contributed by atoms with E-state index in [9.17, 15) is 9.59 Å². The molecule has 166 valence electrons. The molecule has 0 saturated heterocycles. The Labute approximate surface area is 187 Å². The lowest BCUT2D eigenvalue weighted by atomic mass is 10.2. The Bertz CT molecular complexity index is 1030. The summed E-state index contributed by atoms with van der Waals surface area (Å²) in [5.41, 5.74) is 3.07. The average Bonchev–Trinajstić information content (AvgIpc) is 2.81. The van der Waals surface area contributed by atoms with E-state index >= 15 is 0 Å². The molecular weight excluding hydrogens is 406 g/mol. The maximum absolute atomic E-state index is 12.4. The fourth-order valence-electron chi connectivity index (χ4n) is 2.93. The van der Waals surface area contributed by atoms with Gasteiger partial charge in [0.2, 0.25) is 5.91 Å². The van der Waals surface area contributed by atoms with Gasteiger partial charge in [-0.1, -0.05) is 12.1 Å². The van der Waals surface area contributed by atoms with Crippen LogP contribution < -0.4 is 25.4 Å². The molecule has 0 aliphatic rings. The molecule has 0 spiro atoms. The summed E-state index contributed by atoms with van der Waals surface area (Å²) >= 11 is 0. The van der Waals surface area contributed by atoms with Gasteiger partial charge in [0.25, 0.3) is 5.91 Å². The number of rotatable bonds is 10. The number of carbonyl (C=O) groups is 2. The second-order valence-corrected chi connectivity index (χ2v) is 7.13. The summed E-state index contributed by atoms with van der Waals surface area (Å²) in [6.07, 6.45) is 0. The summed E-state index contributed by atoms with van der Waals surface area (Å²) < 4.78 is 10.7. The third-order valence-electron chi connectivity index (χ3n) is 4.63. The van der Waals surface area contributed by atoms with Crippen molar-refractivity contribution in [1.82, 2.24) is 5.32 Å². The first-order valence-electron chi connectivity index (χ1n) is 10.3. The van der Waals surface area contributed by atoms with Crippen LogP contribution in [0.15, 0.2) is 72.8 Å². The summed E-state index contributed by atoms with van der Waals surface area (Å²) in [5, 5.41) is 8.68. The monoisotopic (exact) mass is 433 g/mol. The summed E-state index contributed by atoms with van der Waals surface area (Å²) in [6.45, 7) is 2.94. The molecule has 0 saturated carbocycles. The predicted octanol–water partition coefficient (Wildman–Crippen LogP) is 3.86. The largest absolute Gasteiger partial charge is 0.497 e. The van der Waals surface area contributed by atoms with E-state index in [1.165, 1.54) is 0 Å². The predicted molar refractivity (Wildman–Crippen MR) is 126 cm³/mol. The molecule has 0 heterocycles. The number of benzene rings is 3. The van der Waals surface area contributed by atoms with Crippen molar-refractivity contribution in [2.75, 3.05) is 37.4 Å². The summed E-state index contributed by atoms with van der Waals surface area (Å²) in [5.74, 6) is 1.15. The SMILES string of the molecule is COc1ccc(NC(=O)c2ccc(NCC(=O)NCCOc3cccc(C)c3)cc2)cc1. The molecule has 7 nitrogen and oxygen atoms in total. The normalized spacial score (nSPS) is 10.2. The smallest absolute Gasteiger partial charge is 0.255 e. The minimum absolute atomic E-state index is 0.127. The van der Waals surface area contributed by atoms with Gasteiger partial charge in [-0.05, 0) is 73.2 Å². The molecule has 0 bridgehead atoms. The molecule has 3 rings (SSSR count). The third kappa shape index (κ3) is 7.05. The highest BCUT2D eigenvalue weighted by molar-refractivity contribution is 6.04. The molecule has 32 heavy (non-hydrogen) atoms. The minimum atomic E-state index is -0.215. The second kappa shape index (κ2) is 11.4. The molecule has 0 atom stereocenters. The first-order chi connectivity index (χ1) is 15.5. The zero-order chi connectivity index (χ0) is 22.8. The number of amides is 2. The van der Waals surface area contributed by atoms with Crippen molar-refractivity contribution in [2.24, 2.45) is 0 Å². The van der Waals surface area contributed by atoms with Crippen molar-refractivity contribution in [3.63, 3.8) is 0 Å². The van der Waals surface area contributed by atoms with Crippen LogP contribution in [-0.2, 0) is 4.79 Å². The lowest BCUT2D eigenvalue weighted by molar-refractivity contribution is -0.119. The van der Waals surface area contributed by atoms with Crippen LogP contribution in [0.1, 0.15) is 15.9 Å². The van der Waals surface area contributed by atoms with Crippen LogP contribution in [-0.4, -0.2) is 38.6 Å². The van der Waals surface area contributed by atoms with E-state index in [4.69, 9.17) is 9.47 Å². The highest BCUT2D eigenvalue weighted by atomic mass is 16.5. The molecule has 0 unspecified atom stereocenters. The van der Waals surface area contributed by atoms with E-state index in [-0.39, 0.29) is 18.4 Å². The van der Waals surface area contributed by atoms with Gasteiger partial charge in [-0.15, -0.1) is 0 Å². The van der Waals surface area contributed by atoms with Gasteiger partial charge in [0, 0.05) is 16.9 Å². The topological polar surface area (TPSA) is 88.7 Å². The Kier molecular flexibility index (Phi) is 8.09. The Balaban J connectivity index is 1.38. The van der Waals surface area contributed by atoms with Crippen molar-refractivity contribution >= 4 is 23.2 Å². The number of carbonyl (C=O) groups excluding carboxylic acids is 2. The van der Waals surface area contributed by atoms with E-state index < -0.39 is 0 Å². The van der Waals surface area contributed by atoms with Crippen LogP contribution in [0.25, 0.3) is 0 Å². The first kappa shape index (κ1) is 22.7. The van der Waals surface area contributed by atoms with Gasteiger partial charge in [0.15, 0.2) is 0 Å². The molecule has 0 radical (unpaired) electrons. The zero-order valence-corrected chi connectivity index (χ0v) is 18.2. The van der Waals surface area contributed by atoms with E-state index in [1.54, 1.807) is 55.6 Å². The fraction of sp³-hybridized carbons (Fsp3) is 0.200. The number of nitrogens with one attached hydrogen (secondary N) is 3. The zero-order valence-electron chi connectivity index (χ0n) is 18.2. The maximum Gasteiger partial charge on any atom is 0.255 e. The molecule has 3 aromatic rings. The fourth-order valence-corrected chi connectivity index (χ4v) is 2.93. The average molecular weight is 434 g/mol. The highest BCUT2D eigenvalue weighted by Crippen LogP contribution is 2.17. The summed E-state index contributed by atoms with van der Waals surface area (Å²) in [6, 6.07) is 21.8. The van der Waals surface area contributed by atoms with Gasteiger partial charge < -0.3 is 25.4 Å². The lowest BCUT2D eigenvalue weighted by Gasteiger charge is -2.10. The van der Waals surface area contributed by atoms with Crippen LogP contribution in [0, 0.1) is 6.92 Å². The number of methoxy groups -OCH3 is 1. The molecule has 3 N–H and O–H groups in total. The number of ether oxygens (including phenoxy) is 2. The van der Waals surface area contributed by atoms with Gasteiger partial charge >= 0.3 is 0 Å². The van der Waals surface area contributed by atoms with Crippen LogP contribution in [0.3, 0.4) is 0 Å². The van der Waals surface area contributed by atoms with Crippen molar-refractivity contribution in [1.29, 1.82) is 0 Å². The van der Waals surface area contributed by atoms with Crippen LogP contribution >= 0.6 is 0 Å². The molecule has 3 aromatic carbocycles. The van der Waals surface area contributed by atoms with Gasteiger partial charge in [0.05, 0.1) is 20.2 Å². The van der Waals surface area contributed by atoms with Crippen LogP contribution in [0.5, 0.6) is 11.5 Å². The number of anilines is 2. The Morgan fingerprint density at radius 3 is 2.28 bits per heavy atom. The van der Waals surface area contributed by atoms with Gasteiger partial charge in [-0.25, -0.2) is 0 Å². The summed E-state index contributed by atoms with van der Waals surface area (Å²) in [4.78, 5) is 24.4. The van der Waals surface area contributed by atoms with Crippen LogP contribution in [0.4, 0.5) is 11.4 Å². The van der Waals surface area contributed by atoms with Crippen LogP contribution in [0.2, 0.25) is 0 Å². The Morgan fingerprint density at radius 1 is 0.875 bits per heavy atom. The van der Waals surface area contributed by atoms with Gasteiger partial charge in [-0.2, -0.15) is 0 Å². The first-order valence-corrected chi connectivity index (χ1v) is 10.3. The number of hydrogen-bond donors (Lipinski definition) is 3. The Hall–Kier alpha value is -4.00. The Morgan fingerprint density at radius 2 is 1.59 bits per heavy atom. The lowest BCUT2D eigenvalue weighted by Crippen LogP contribution is -2.33. The standard InChI is InChI=1S/C25H27N3O4/c1-18-4-3-5-23(16-18)32-15-14-26-24(29)17-27-20-8-6-19(7-9-20)25(30)28-21-10-12-22(31-2)13-11-21/h3-13,16,27H,14-15,17H2,1-2H3,(H,26,29)(H,28,30). The quantitative estimate of drug-likeness (QED) is 0.423. The highest BCUT2D eigenvalue weighted by Gasteiger charge is 2.07. The van der Waals surface area contributed by atoms with Gasteiger partial charge in [0.1, 0.15) is 18.1 Å². The molecule has 0 fully saturated rings. The molecule has 7 heteroatoms. The minimum Gasteiger partial charge on any atom is -0.497 e. The number of hydrogen-bond acceptors (Lipinski definition) is 5. The number of aryl methyl sites for hydroxylation is 1. The molecule has 0 aliphatic heterocycles. The summed E-state index contributed by atoms with van der Waals surface area (Å²) in [7, 11) is 1.59. The van der Waals surface area contributed by atoms with Crippen molar-refractivity contribution < 1.29 is 19.1 Å². The van der Waals surface area contributed by atoms with E-state index in [1.807, 2.05) is 31.2 Å². The molecule has 0 aliphatic carbocycles. The van der Waals surface area contributed by atoms with E-state index in [2.05, 4.69) is 16.0 Å². The van der Waals surface area contributed by atoms with Crippen molar-refractivity contribution in [3.05, 3.63) is 83.9 Å². The third-order valence-corrected chi connectivity index (χ3v) is 4.63. The molecular formula is C25H27N3O4. The molecule has 0 aromatic heterocycles. The molecule has 2 amide bonds. The van der Waals surface area contributed by atoms with E-state index in [0.29, 0.717) is 24.4 Å². The van der Waals surface area contributed by atoms with Crippen molar-refractivity contribution in [2.45, 2.75) is 6.92 Å². The second-order valence-electron chi connectivity index (χ2n) is 7.13.